The highest BCUT2D eigenvalue weighted by Crippen LogP contribution is 2.38. The third-order valence-corrected chi connectivity index (χ3v) is 4.31. The van der Waals surface area contributed by atoms with Crippen molar-refractivity contribution in [2.75, 3.05) is 5.32 Å². The summed E-state index contributed by atoms with van der Waals surface area (Å²) >= 11 is 5.41. The third-order valence-electron chi connectivity index (χ3n) is 3.92. The first-order chi connectivity index (χ1) is 10.3. The molecule has 1 aliphatic heterocycles. The molecular formula is C16H14N4S. The second-order valence-corrected chi connectivity index (χ2v) is 5.65. The molecule has 1 aromatic carbocycles. The van der Waals surface area contributed by atoms with Gasteiger partial charge in [-0.25, -0.2) is 4.98 Å². The molecule has 2 aromatic heterocycles. The molecule has 0 spiro atoms. The Kier molecular flexibility index (Phi) is 2.75. The minimum absolute atomic E-state index is 0.306. The van der Waals surface area contributed by atoms with Crippen LogP contribution in [-0.2, 0) is 0 Å². The van der Waals surface area contributed by atoms with Crippen molar-refractivity contribution in [3.63, 3.8) is 0 Å². The van der Waals surface area contributed by atoms with Gasteiger partial charge in [0.2, 0.25) is 0 Å². The lowest BCUT2D eigenvalue weighted by Gasteiger charge is -2.05. The van der Waals surface area contributed by atoms with Crippen LogP contribution < -0.4 is 5.32 Å². The van der Waals surface area contributed by atoms with Crippen LogP contribution in [0.3, 0.4) is 0 Å². The standard InChI is InChI=1S/C16H14N4S/c1-2-9-10-7-13-14(8-12(10)20-16(9)21)19-15(18-13)11-5-3-4-6-17-11/h3-9H,2H2,1H3,(H,18,19)(H,20,21). The molecule has 0 fully saturated rings. The van der Waals surface area contributed by atoms with Gasteiger partial charge in [0.15, 0.2) is 5.82 Å². The smallest absolute Gasteiger partial charge is 0.157 e. The highest BCUT2D eigenvalue weighted by molar-refractivity contribution is 7.80. The number of nitrogens with one attached hydrogen (secondary N) is 2. The number of H-pyrrole nitrogens is 1. The van der Waals surface area contributed by atoms with E-state index in [-0.39, 0.29) is 0 Å². The number of benzene rings is 1. The van der Waals surface area contributed by atoms with E-state index in [1.165, 1.54) is 5.56 Å². The maximum atomic E-state index is 5.41. The van der Waals surface area contributed by atoms with E-state index in [2.05, 4.69) is 39.3 Å². The molecule has 2 N–H and O–H groups in total. The van der Waals surface area contributed by atoms with E-state index in [1.54, 1.807) is 6.20 Å². The molecule has 4 rings (SSSR count). The number of nitrogens with zero attached hydrogens (tertiary/aromatic N) is 2. The van der Waals surface area contributed by atoms with Crippen LogP contribution in [-0.4, -0.2) is 19.9 Å². The molecule has 0 saturated heterocycles. The zero-order valence-electron chi connectivity index (χ0n) is 11.6. The fourth-order valence-electron chi connectivity index (χ4n) is 2.86. The van der Waals surface area contributed by atoms with E-state index in [9.17, 15) is 0 Å². The Morgan fingerprint density at radius 2 is 2.19 bits per heavy atom. The van der Waals surface area contributed by atoms with Gasteiger partial charge in [0.25, 0.3) is 0 Å². The third kappa shape index (κ3) is 1.93. The molecule has 0 saturated carbocycles. The van der Waals surface area contributed by atoms with Gasteiger partial charge in [-0.3, -0.25) is 4.98 Å². The normalized spacial score (nSPS) is 17.0. The largest absolute Gasteiger partial charge is 0.349 e. The van der Waals surface area contributed by atoms with Gasteiger partial charge in [0.05, 0.1) is 16.0 Å². The van der Waals surface area contributed by atoms with Crippen LogP contribution in [0.4, 0.5) is 5.69 Å². The van der Waals surface area contributed by atoms with Crippen LogP contribution in [0.5, 0.6) is 0 Å². The van der Waals surface area contributed by atoms with Crippen molar-refractivity contribution in [3.05, 3.63) is 42.1 Å². The summed E-state index contributed by atoms with van der Waals surface area (Å²) in [5.41, 5.74) is 5.15. The first kappa shape index (κ1) is 12.5. The van der Waals surface area contributed by atoms with Gasteiger partial charge in [-0.1, -0.05) is 25.2 Å². The number of aromatic nitrogens is 3. The molecule has 0 amide bonds. The SMILES string of the molecule is CCC1C(=S)Nc2cc3nc(-c4ccccn4)[nH]c3cc21. The Hall–Kier alpha value is -2.27. The summed E-state index contributed by atoms with van der Waals surface area (Å²) in [6.07, 6.45) is 2.78. The summed E-state index contributed by atoms with van der Waals surface area (Å²) in [5, 5.41) is 3.30. The van der Waals surface area contributed by atoms with Crippen molar-refractivity contribution in [1.29, 1.82) is 0 Å². The zero-order chi connectivity index (χ0) is 14.4. The Balaban J connectivity index is 1.86. The van der Waals surface area contributed by atoms with Crippen LogP contribution >= 0.6 is 12.2 Å². The average molecular weight is 294 g/mol. The second kappa shape index (κ2) is 4.63. The molecule has 0 bridgehead atoms. The van der Waals surface area contributed by atoms with Gasteiger partial charge in [0.1, 0.15) is 5.69 Å². The molecule has 1 atom stereocenters. The quantitative estimate of drug-likeness (QED) is 0.704. The number of fused-ring (bicyclic) bond motifs is 2. The van der Waals surface area contributed by atoms with Gasteiger partial charge in [-0.05, 0) is 36.2 Å². The number of hydrogen-bond acceptors (Lipinski definition) is 3. The van der Waals surface area contributed by atoms with E-state index in [1.807, 2.05) is 18.2 Å². The highest BCUT2D eigenvalue weighted by Gasteiger charge is 2.26. The molecule has 3 aromatic rings. The summed E-state index contributed by atoms with van der Waals surface area (Å²) in [6.45, 7) is 2.16. The number of imidazole rings is 1. The van der Waals surface area contributed by atoms with Gasteiger partial charge in [0, 0.05) is 17.8 Å². The monoisotopic (exact) mass is 294 g/mol. The first-order valence-corrected chi connectivity index (χ1v) is 7.43. The van der Waals surface area contributed by atoms with Crippen molar-refractivity contribution in [1.82, 2.24) is 15.0 Å². The maximum Gasteiger partial charge on any atom is 0.157 e. The lowest BCUT2D eigenvalue weighted by atomic mass is 9.98. The lowest BCUT2D eigenvalue weighted by molar-refractivity contribution is 0.872. The van der Waals surface area contributed by atoms with E-state index >= 15 is 0 Å². The van der Waals surface area contributed by atoms with Crippen molar-refractivity contribution in [2.24, 2.45) is 0 Å². The van der Waals surface area contributed by atoms with Gasteiger partial charge < -0.3 is 10.3 Å². The van der Waals surface area contributed by atoms with Crippen LogP contribution in [0.1, 0.15) is 24.8 Å². The van der Waals surface area contributed by atoms with Crippen LogP contribution in [0.15, 0.2) is 36.5 Å². The average Bonchev–Trinajstić information content (AvgIpc) is 3.04. The molecule has 1 unspecified atom stereocenters. The molecule has 5 heteroatoms. The van der Waals surface area contributed by atoms with Crippen molar-refractivity contribution in [3.8, 4) is 11.5 Å². The Morgan fingerprint density at radius 1 is 1.29 bits per heavy atom. The van der Waals surface area contributed by atoms with Crippen LogP contribution in [0.2, 0.25) is 0 Å². The summed E-state index contributed by atoms with van der Waals surface area (Å²) in [6, 6.07) is 10.0. The summed E-state index contributed by atoms with van der Waals surface area (Å²) in [4.78, 5) is 13.2. The zero-order valence-corrected chi connectivity index (χ0v) is 12.4. The Labute approximate surface area is 127 Å². The molecule has 104 valence electrons. The predicted molar refractivity (Wildman–Crippen MR) is 88.6 cm³/mol. The van der Waals surface area contributed by atoms with E-state index in [0.717, 1.165) is 39.6 Å². The molecule has 0 radical (unpaired) electrons. The van der Waals surface area contributed by atoms with Gasteiger partial charge in [-0.2, -0.15) is 0 Å². The first-order valence-electron chi connectivity index (χ1n) is 7.02. The van der Waals surface area contributed by atoms with Crippen molar-refractivity contribution < 1.29 is 0 Å². The highest BCUT2D eigenvalue weighted by atomic mass is 32.1. The number of hydrogen-bond donors (Lipinski definition) is 2. The van der Waals surface area contributed by atoms with E-state index in [0.29, 0.717) is 5.92 Å². The van der Waals surface area contributed by atoms with Crippen molar-refractivity contribution >= 4 is 33.9 Å². The fraction of sp³-hybridized carbons (Fsp3) is 0.188. The lowest BCUT2D eigenvalue weighted by Crippen LogP contribution is -2.07. The molecule has 0 aliphatic carbocycles. The Morgan fingerprint density at radius 3 is 2.95 bits per heavy atom. The second-order valence-electron chi connectivity index (χ2n) is 5.21. The molecule has 21 heavy (non-hydrogen) atoms. The summed E-state index contributed by atoms with van der Waals surface area (Å²) in [5.74, 6) is 1.10. The van der Waals surface area contributed by atoms with Gasteiger partial charge in [-0.15, -0.1) is 0 Å². The summed E-state index contributed by atoms with van der Waals surface area (Å²) < 4.78 is 0. The molecular weight excluding hydrogens is 280 g/mol. The molecule has 1 aliphatic rings. The fourth-order valence-corrected chi connectivity index (χ4v) is 3.26. The van der Waals surface area contributed by atoms with E-state index in [4.69, 9.17) is 12.2 Å². The topological polar surface area (TPSA) is 53.6 Å². The number of aromatic amines is 1. The minimum atomic E-state index is 0.306. The predicted octanol–water partition coefficient (Wildman–Crippen LogP) is 3.87. The Bertz CT molecular complexity index is 838. The van der Waals surface area contributed by atoms with Crippen LogP contribution in [0, 0.1) is 0 Å². The van der Waals surface area contributed by atoms with Crippen molar-refractivity contribution in [2.45, 2.75) is 19.3 Å². The van der Waals surface area contributed by atoms with Gasteiger partial charge >= 0.3 is 0 Å². The minimum Gasteiger partial charge on any atom is -0.349 e. The molecule has 4 nitrogen and oxygen atoms in total. The molecule has 3 heterocycles. The van der Waals surface area contributed by atoms with E-state index < -0.39 is 0 Å². The van der Waals surface area contributed by atoms with Crippen LogP contribution in [0.25, 0.3) is 22.6 Å². The number of thiocarbonyl (C=S) groups is 1. The number of pyridine rings is 1. The maximum absolute atomic E-state index is 5.41. The summed E-state index contributed by atoms with van der Waals surface area (Å²) in [7, 11) is 0. The number of anilines is 1. The number of rotatable bonds is 2.